The fourth-order valence-electron chi connectivity index (χ4n) is 1.43. The van der Waals surface area contributed by atoms with E-state index < -0.39 is 0 Å². The lowest BCUT2D eigenvalue weighted by atomic mass is 10.2. The molecule has 0 aromatic carbocycles. The fraction of sp³-hybridized carbons (Fsp3) is 0.636. The zero-order chi connectivity index (χ0) is 10.4. The van der Waals surface area contributed by atoms with Gasteiger partial charge in [0.2, 0.25) is 0 Å². The Morgan fingerprint density at radius 1 is 1.43 bits per heavy atom. The van der Waals surface area contributed by atoms with Gasteiger partial charge in [0.05, 0.1) is 12.6 Å². The molecular formula is C11H19NOS. The number of likely N-dealkylation sites (N-methyl/N-ethyl adjacent to an activating group) is 1. The van der Waals surface area contributed by atoms with Gasteiger partial charge in [0.1, 0.15) is 0 Å². The molecule has 0 aliphatic heterocycles. The van der Waals surface area contributed by atoms with Crippen molar-refractivity contribution in [2.45, 2.75) is 26.3 Å². The van der Waals surface area contributed by atoms with E-state index in [1.165, 1.54) is 9.75 Å². The normalized spacial score (nSPS) is 13.1. The monoisotopic (exact) mass is 213 g/mol. The second kappa shape index (κ2) is 6.17. The molecule has 80 valence electrons. The quantitative estimate of drug-likeness (QED) is 0.784. The van der Waals surface area contributed by atoms with Crippen molar-refractivity contribution in [1.82, 2.24) is 5.32 Å². The molecule has 1 aromatic rings. The molecule has 1 unspecified atom stereocenters. The van der Waals surface area contributed by atoms with Crippen molar-refractivity contribution in [3.63, 3.8) is 0 Å². The molecule has 0 radical (unpaired) electrons. The Morgan fingerprint density at radius 2 is 2.21 bits per heavy atom. The van der Waals surface area contributed by atoms with Crippen molar-refractivity contribution in [1.29, 1.82) is 0 Å². The predicted octanol–water partition coefficient (Wildman–Crippen LogP) is 2.61. The highest BCUT2D eigenvalue weighted by atomic mass is 32.1. The summed E-state index contributed by atoms with van der Waals surface area (Å²) in [5.74, 6) is 0. The maximum Gasteiger partial charge on any atom is 0.0665 e. The summed E-state index contributed by atoms with van der Waals surface area (Å²) in [6.07, 6.45) is 1.12. The summed E-state index contributed by atoms with van der Waals surface area (Å²) < 4.78 is 5.20. The molecular weight excluding hydrogens is 194 g/mol. The zero-order valence-electron chi connectivity index (χ0n) is 9.17. The van der Waals surface area contributed by atoms with Gasteiger partial charge in [0.25, 0.3) is 0 Å². The topological polar surface area (TPSA) is 21.3 Å². The smallest absolute Gasteiger partial charge is 0.0665 e. The van der Waals surface area contributed by atoms with Crippen LogP contribution in [-0.4, -0.2) is 20.3 Å². The average molecular weight is 213 g/mol. The molecule has 2 nitrogen and oxygen atoms in total. The first-order valence-corrected chi connectivity index (χ1v) is 5.94. The number of rotatable bonds is 6. The number of nitrogens with one attached hydrogen (secondary N) is 1. The van der Waals surface area contributed by atoms with E-state index >= 15 is 0 Å². The summed E-state index contributed by atoms with van der Waals surface area (Å²) in [6.45, 7) is 6.04. The van der Waals surface area contributed by atoms with E-state index in [2.05, 4.69) is 31.3 Å². The van der Waals surface area contributed by atoms with Gasteiger partial charge in [0.15, 0.2) is 0 Å². The summed E-state index contributed by atoms with van der Waals surface area (Å²) in [4.78, 5) is 2.82. The molecule has 1 N–H and O–H groups in total. The molecule has 0 amide bonds. The van der Waals surface area contributed by atoms with Crippen LogP contribution in [0.3, 0.4) is 0 Å². The van der Waals surface area contributed by atoms with Crippen molar-refractivity contribution in [2.24, 2.45) is 0 Å². The molecule has 1 aromatic heterocycles. The van der Waals surface area contributed by atoms with Crippen molar-refractivity contribution in [3.05, 3.63) is 21.9 Å². The van der Waals surface area contributed by atoms with Gasteiger partial charge in [-0.05, 0) is 25.1 Å². The highest BCUT2D eigenvalue weighted by Crippen LogP contribution is 2.23. The maximum atomic E-state index is 5.20. The van der Waals surface area contributed by atoms with Crippen molar-refractivity contribution >= 4 is 11.3 Å². The summed E-state index contributed by atoms with van der Waals surface area (Å²) in [5.41, 5.74) is 0. The van der Waals surface area contributed by atoms with E-state index in [-0.39, 0.29) is 0 Å². The van der Waals surface area contributed by atoms with Crippen molar-refractivity contribution < 1.29 is 4.74 Å². The van der Waals surface area contributed by atoms with E-state index in [4.69, 9.17) is 4.74 Å². The van der Waals surface area contributed by atoms with E-state index in [1.807, 2.05) is 11.3 Å². The van der Waals surface area contributed by atoms with Crippen LogP contribution < -0.4 is 5.32 Å². The van der Waals surface area contributed by atoms with Crippen LogP contribution in [0.2, 0.25) is 0 Å². The highest BCUT2D eigenvalue weighted by molar-refractivity contribution is 7.12. The Kier molecular flexibility index (Phi) is 5.15. The van der Waals surface area contributed by atoms with Crippen LogP contribution >= 0.6 is 11.3 Å². The van der Waals surface area contributed by atoms with Gasteiger partial charge in [-0.1, -0.05) is 13.8 Å². The third-order valence-electron chi connectivity index (χ3n) is 2.16. The summed E-state index contributed by atoms with van der Waals surface area (Å²) in [6, 6.07) is 4.77. The number of hydrogen-bond acceptors (Lipinski definition) is 3. The summed E-state index contributed by atoms with van der Waals surface area (Å²) in [7, 11) is 1.75. The zero-order valence-corrected chi connectivity index (χ0v) is 9.99. The molecule has 0 fully saturated rings. The average Bonchev–Trinajstić information content (AvgIpc) is 2.65. The fourth-order valence-corrected chi connectivity index (χ4v) is 2.44. The molecule has 0 saturated heterocycles. The van der Waals surface area contributed by atoms with Gasteiger partial charge >= 0.3 is 0 Å². The Bertz CT molecular complexity index is 254. The minimum Gasteiger partial charge on any atom is -0.383 e. The van der Waals surface area contributed by atoms with Crippen LogP contribution in [0.4, 0.5) is 0 Å². The van der Waals surface area contributed by atoms with Gasteiger partial charge in [-0.25, -0.2) is 0 Å². The first-order chi connectivity index (χ1) is 6.81. The third kappa shape index (κ3) is 3.08. The van der Waals surface area contributed by atoms with Crippen LogP contribution in [0.25, 0.3) is 0 Å². The number of ether oxygens (including phenoxy) is 1. The van der Waals surface area contributed by atoms with Crippen LogP contribution in [0, 0.1) is 0 Å². The molecule has 0 aliphatic rings. The first-order valence-electron chi connectivity index (χ1n) is 5.12. The largest absolute Gasteiger partial charge is 0.383 e. The maximum absolute atomic E-state index is 5.20. The second-order valence-corrected chi connectivity index (χ2v) is 4.42. The molecule has 14 heavy (non-hydrogen) atoms. The van der Waals surface area contributed by atoms with E-state index in [0.29, 0.717) is 6.04 Å². The minimum atomic E-state index is 0.357. The summed E-state index contributed by atoms with van der Waals surface area (Å²) in [5, 5.41) is 3.42. The van der Waals surface area contributed by atoms with Gasteiger partial charge in [0, 0.05) is 16.9 Å². The van der Waals surface area contributed by atoms with E-state index in [9.17, 15) is 0 Å². The lowest BCUT2D eigenvalue weighted by molar-refractivity contribution is 0.169. The molecule has 0 spiro atoms. The van der Waals surface area contributed by atoms with E-state index in [1.54, 1.807) is 7.11 Å². The molecule has 3 heteroatoms. The number of hydrogen-bond donors (Lipinski definition) is 1. The molecule has 0 bridgehead atoms. The minimum absolute atomic E-state index is 0.357. The van der Waals surface area contributed by atoms with Crippen molar-refractivity contribution in [2.75, 3.05) is 20.3 Å². The van der Waals surface area contributed by atoms with E-state index in [0.717, 1.165) is 19.6 Å². The van der Waals surface area contributed by atoms with Gasteiger partial charge in [-0.15, -0.1) is 11.3 Å². The predicted molar refractivity (Wildman–Crippen MR) is 62.0 cm³/mol. The Morgan fingerprint density at radius 3 is 2.71 bits per heavy atom. The summed E-state index contributed by atoms with van der Waals surface area (Å²) >= 11 is 1.88. The van der Waals surface area contributed by atoms with Gasteiger partial charge in [-0.3, -0.25) is 0 Å². The lowest BCUT2D eigenvalue weighted by Gasteiger charge is -2.14. The molecule has 1 rings (SSSR count). The highest BCUT2D eigenvalue weighted by Gasteiger charge is 2.11. The van der Waals surface area contributed by atoms with Crippen LogP contribution in [0.15, 0.2) is 12.1 Å². The number of aryl methyl sites for hydroxylation is 1. The number of thiophene rings is 1. The van der Waals surface area contributed by atoms with Crippen LogP contribution in [0.5, 0.6) is 0 Å². The van der Waals surface area contributed by atoms with Crippen LogP contribution in [-0.2, 0) is 11.2 Å². The molecule has 1 atom stereocenters. The molecule has 0 saturated carbocycles. The van der Waals surface area contributed by atoms with Crippen molar-refractivity contribution in [3.8, 4) is 0 Å². The standard InChI is InChI=1S/C11H19NOS/c1-4-9-6-7-11(14-9)10(8-13-3)12-5-2/h6-7,10,12H,4-5,8H2,1-3H3. The molecule has 0 aliphatic carbocycles. The first kappa shape index (κ1) is 11.7. The van der Waals surface area contributed by atoms with Gasteiger partial charge in [-0.2, -0.15) is 0 Å². The SMILES string of the molecule is CCNC(COC)c1ccc(CC)s1. The van der Waals surface area contributed by atoms with Gasteiger partial charge < -0.3 is 10.1 Å². The number of methoxy groups -OCH3 is 1. The lowest BCUT2D eigenvalue weighted by Crippen LogP contribution is -2.23. The Hall–Kier alpha value is -0.380. The third-order valence-corrected chi connectivity index (χ3v) is 3.50. The second-order valence-electron chi connectivity index (χ2n) is 3.22. The molecule has 1 heterocycles. The Balaban J connectivity index is 2.65. The van der Waals surface area contributed by atoms with Crippen LogP contribution in [0.1, 0.15) is 29.6 Å². The Labute approximate surface area is 90.3 Å².